The van der Waals surface area contributed by atoms with E-state index in [0.717, 1.165) is 10.7 Å². The number of methoxy groups -OCH3 is 1. The van der Waals surface area contributed by atoms with Gasteiger partial charge in [-0.2, -0.15) is 10.4 Å². The van der Waals surface area contributed by atoms with E-state index in [1.54, 1.807) is 56.0 Å². The number of imide groups is 1. The van der Waals surface area contributed by atoms with Gasteiger partial charge in [0.15, 0.2) is 0 Å². The highest BCUT2D eigenvalue weighted by molar-refractivity contribution is 6.07. The minimum atomic E-state index is -1.22. The summed E-state index contributed by atoms with van der Waals surface area (Å²) >= 11 is 0. The van der Waals surface area contributed by atoms with Crippen molar-refractivity contribution in [3.8, 4) is 11.8 Å². The average molecular weight is 365 g/mol. The fourth-order valence-corrected chi connectivity index (χ4v) is 2.93. The number of amides is 3. The van der Waals surface area contributed by atoms with Crippen molar-refractivity contribution in [3.05, 3.63) is 52.8 Å². The van der Waals surface area contributed by atoms with Gasteiger partial charge in [-0.05, 0) is 37.6 Å². The summed E-state index contributed by atoms with van der Waals surface area (Å²) in [6, 6.07) is 10.0. The molecule has 1 aromatic heterocycles. The molecule has 1 saturated heterocycles. The molecule has 1 aliphatic rings. The van der Waals surface area contributed by atoms with Crippen LogP contribution in [0.5, 0.6) is 5.75 Å². The van der Waals surface area contributed by atoms with E-state index in [9.17, 15) is 9.59 Å². The zero-order valence-corrected chi connectivity index (χ0v) is 15.5. The highest BCUT2D eigenvalue weighted by atomic mass is 16.5. The van der Waals surface area contributed by atoms with Crippen LogP contribution in [-0.2, 0) is 17.4 Å². The molecule has 27 heavy (non-hydrogen) atoms. The zero-order chi connectivity index (χ0) is 19.8. The van der Waals surface area contributed by atoms with Crippen molar-refractivity contribution in [2.45, 2.75) is 19.4 Å². The van der Waals surface area contributed by atoms with Crippen LogP contribution in [0.15, 0.2) is 35.4 Å². The second-order valence-corrected chi connectivity index (χ2v) is 6.39. The molecule has 1 fully saturated rings. The number of carbonyl (C=O) groups is 2. The number of aromatic nitrogens is 1. The zero-order valence-electron chi connectivity index (χ0n) is 15.5. The van der Waals surface area contributed by atoms with Gasteiger partial charge in [0.1, 0.15) is 23.1 Å². The van der Waals surface area contributed by atoms with E-state index in [4.69, 9.17) is 10.00 Å². The van der Waals surface area contributed by atoms with Crippen LogP contribution in [0.1, 0.15) is 29.4 Å². The number of rotatable bonds is 4. The van der Waals surface area contributed by atoms with Crippen molar-refractivity contribution in [1.29, 1.82) is 5.26 Å². The van der Waals surface area contributed by atoms with Gasteiger partial charge in [0.2, 0.25) is 0 Å². The summed E-state index contributed by atoms with van der Waals surface area (Å²) in [4.78, 5) is 25.2. The number of carbonyl (C=O) groups excluding carboxylic acids is 2. The number of ether oxygens (including phenoxy) is 1. The van der Waals surface area contributed by atoms with Gasteiger partial charge in [-0.3, -0.25) is 4.79 Å². The summed E-state index contributed by atoms with van der Waals surface area (Å²) in [5, 5.41) is 16.7. The molecular weight excluding hydrogens is 346 g/mol. The first-order chi connectivity index (χ1) is 12.8. The molecule has 0 spiro atoms. The van der Waals surface area contributed by atoms with Gasteiger partial charge >= 0.3 is 6.03 Å². The smallest absolute Gasteiger partial charge is 0.346 e. The minimum Gasteiger partial charge on any atom is -0.497 e. The maximum absolute atomic E-state index is 12.9. The normalized spacial score (nSPS) is 19.4. The highest BCUT2D eigenvalue weighted by Gasteiger charge is 2.49. The SMILES string of the molecule is COc1ccc([C@@]2(C)NC(=O)N(/N=C\c3cc(C#N)n(C)c3C)C2=O)cc1. The number of hydrogen-bond donors (Lipinski definition) is 1. The Morgan fingerprint density at radius 1 is 1.30 bits per heavy atom. The topological polar surface area (TPSA) is 99.7 Å². The van der Waals surface area contributed by atoms with Gasteiger partial charge in [-0.1, -0.05) is 12.1 Å². The minimum absolute atomic E-state index is 0.467. The van der Waals surface area contributed by atoms with Gasteiger partial charge < -0.3 is 14.6 Å². The van der Waals surface area contributed by atoms with E-state index < -0.39 is 17.5 Å². The third-order valence-electron chi connectivity index (χ3n) is 4.84. The van der Waals surface area contributed by atoms with Gasteiger partial charge in [0, 0.05) is 18.3 Å². The fraction of sp³-hybridized carbons (Fsp3) is 0.263. The molecule has 3 amide bonds. The molecule has 8 heteroatoms. The summed E-state index contributed by atoms with van der Waals surface area (Å²) in [7, 11) is 3.32. The molecule has 0 aliphatic carbocycles. The lowest BCUT2D eigenvalue weighted by Crippen LogP contribution is -2.40. The standard InChI is InChI=1S/C19H19N5O3/c1-12-13(9-15(10-20)23(12)3)11-21-24-17(25)19(2,22-18(24)26)14-5-7-16(27-4)8-6-14/h5-9,11H,1-4H3,(H,22,26)/b21-11-/t19-/m1/s1. The van der Waals surface area contributed by atoms with Gasteiger partial charge in [-0.15, -0.1) is 5.01 Å². The summed E-state index contributed by atoms with van der Waals surface area (Å²) < 4.78 is 6.84. The molecule has 1 aromatic carbocycles. The molecule has 0 unspecified atom stereocenters. The van der Waals surface area contributed by atoms with E-state index in [2.05, 4.69) is 16.5 Å². The molecule has 0 radical (unpaired) electrons. The van der Waals surface area contributed by atoms with Crippen LogP contribution in [0.25, 0.3) is 0 Å². The Kier molecular flexibility index (Phi) is 4.45. The highest BCUT2D eigenvalue weighted by Crippen LogP contribution is 2.30. The van der Waals surface area contributed by atoms with Crippen molar-refractivity contribution in [3.63, 3.8) is 0 Å². The summed E-state index contributed by atoms with van der Waals surface area (Å²) in [5.41, 5.74) is 1.34. The quantitative estimate of drug-likeness (QED) is 0.662. The lowest BCUT2D eigenvalue weighted by atomic mass is 9.92. The maximum atomic E-state index is 12.9. The molecule has 0 saturated carbocycles. The third-order valence-corrected chi connectivity index (χ3v) is 4.84. The van der Waals surface area contributed by atoms with Crippen LogP contribution < -0.4 is 10.1 Å². The summed E-state index contributed by atoms with van der Waals surface area (Å²) in [5.74, 6) is 0.171. The summed E-state index contributed by atoms with van der Waals surface area (Å²) in [6.07, 6.45) is 1.41. The number of nitrogens with one attached hydrogen (secondary N) is 1. The number of urea groups is 1. The largest absolute Gasteiger partial charge is 0.497 e. The number of nitriles is 1. The monoisotopic (exact) mass is 365 g/mol. The number of nitrogens with zero attached hydrogens (tertiary/aromatic N) is 4. The first-order valence-electron chi connectivity index (χ1n) is 8.23. The Labute approximate surface area is 156 Å². The van der Waals surface area contributed by atoms with E-state index in [1.165, 1.54) is 6.21 Å². The van der Waals surface area contributed by atoms with Gasteiger partial charge in [0.25, 0.3) is 5.91 Å². The third kappa shape index (κ3) is 2.93. The van der Waals surface area contributed by atoms with Gasteiger partial charge in [0.05, 0.1) is 13.3 Å². The predicted octanol–water partition coefficient (Wildman–Crippen LogP) is 2.01. The van der Waals surface area contributed by atoms with Crippen molar-refractivity contribution < 1.29 is 14.3 Å². The molecule has 2 heterocycles. The number of hydrazone groups is 1. The van der Waals surface area contributed by atoms with Crippen LogP contribution in [0, 0.1) is 18.3 Å². The maximum Gasteiger partial charge on any atom is 0.346 e. The van der Waals surface area contributed by atoms with Gasteiger partial charge in [-0.25, -0.2) is 4.79 Å². The van der Waals surface area contributed by atoms with E-state index >= 15 is 0 Å². The molecule has 0 bridgehead atoms. The van der Waals surface area contributed by atoms with E-state index in [0.29, 0.717) is 22.6 Å². The van der Waals surface area contributed by atoms with Crippen LogP contribution in [0.2, 0.25) is 0 Å². The van der Waals surface area contributed by atoms with Crippen LogP contribution in [0.4, 0.5) is 4.79 Å². The Morgan fingerprint density at radius 3 is 2.52 bits per heavy atom. The van der Waals surface area contributed by atoms with Crippen molar-refractivity contribution in [2.24, 2.45) is 12.1 Å². The number of benzene rings is 1. The molecule has 8 nitrogen and oxygen atoms in total. The number of hydrogen-bond acceptors (Lipinski definition) is 5. The lowest BCUT2D eigenvalue weighted by Gasteiger charge is -2.21. The van der Waals surface area contributed by atoms with Crippen LogP contribution in [-0.4, -0.2) is 34.8 Å². The first-order valence-corrected chi connectivity index (χ1v) is 8.23. The Bertz CT molecular complexity index is 984. The van der Waals surface area contributed by atoms with E-state index in [-0.39, 0.29) is 0 Å². The van der Waals surface area contributed by atoms with Crippen molar-refractivity contribution in [1.82, 2.24) is 14.9 Å². The Balaban J connectivity index is 1.89. The average Bonchev–Trinajstić information content (AvgIpc) is 3.07. The molecule has 1 N–H and O–H groups in total. The Morgan fingerprint density at radius 2 is 1.96 bits per heavy atom. The summed E-state index contributed by atoms with van der Waals surface area (Å²) in [6.45, 7) is 3.46. The van der Waals surface area contributed by atoms with Crippen LogP contribution >= 0.6 is 0 Å². The van der Waals surface area contributed by atoms with Crippen LogP contribution in [0.3, 0.4) is 0 Å². The molecular formula is C19H19N5O3. The molecule has 1 atom stereocenters. The Hall–Kier alpha value is -3.60. The van der Waals surface area contributed by atoms with E-state index in [1.807, 2.05) is 6.92 Å². The lowest BCUT2D eigenvalue weighted by molar-refractivity contribution is -0.131. The predicted molar refractivity (Wildman–Crippen MR) is 98.2 cm³/mol. The first kappa shape index (κ1) is 18.2. The molecule has 3 rings (SSSR count). The second kappa shape index (κ2) is 6.61. The van der Waals surface area contributed by atoms with Crippen molar-refractivity contribution >= 4 is 18.2 Å². The van der Waals surface area contributed by atoms with Crippen molar-refractivity contribution in [2.75, 3.05) is 7.11 Å². The molecule has 138 valence electrons. The second-order valence-electron chi connectivity index (χ2n) is 6.39. The molecule has 1 aliphatic heterocycles. The fourth-order valence-electron chi connectivity index (χ4n) is 2.93. The molecule has 2 aromatic rings.